The third kappa shape index (κ3) is 2.96. The first-order chi connectivity index (χ1) is 7.35. The second kappa shape index (κ2) is 5.34. The normalized spacial score (nSPS) is 27.0. The van der Waals surface area contributed by atoms with Crippen LogP contribution in [0.5, 0.6) is 0 Å². The van der Waals surface area contributed by atoms with Crippen molar-refractivity contribution in [3.8, 4) is 0 Å². The molecule has 2 saturated carbocycles. The Kier molecular flexibility index (Phi) is 4.07. The van der Waals surface area contributed by atoms with E-state index in [0.29, 0.717) is 6.61 Å². The Morgan fingerprint density at radius 1 is 0.933 bits per heavy atom. The van der Waals surface area contributed by atoms with Gasteiger partial charge in [-0.15, -0.1) is 0 Å². The predicted molar refractivity (Wildman–Crippen MR) is 63.8 cm³/mol. The van der Waals surface area contributed by atoms with E-state index in [1.165, 1.54) is 64.2 Å². The zero-order valence-electron chi connectivity index (χ0n) is 10.0. The molecular weight excluding hydrogens is 184 g/mol. The average molecular weight is 210 g/mol. The Labute approximate surface area is 94.3 Å². The molecule has 0 unspecified atom stereocenters. The van der Waals surface area contributed by atoms with E-state index < -0.39 is 0 Å². The molecule has 15 heavy (non-hydrogen) atoms. The van der Waals surface area contributed by atoms with Gasteiger partial charge in [0.05, 0.1) is 0 Å². The first-order valence-corrected chi connectivity index (χ1v) is 6.96. The average Bonchev–Trinajstić information content (AvgIpc) is 2.30. The molecule has 2 aliphatic rings. The van der Waals surface area contributed by atoms with Gasteiger partial charge in [0.15, 0.2) is 0 Å². The predicted octanol–water partition coefficient (Wildman–Crippen LogP) is 3.90. The third-order valence-corrected chi connectivity index (χ3v) is 4.85. The van der Waals surface area contributed by atoms with Crippen LogP contribution in [0.4, 0.5) is 0 Å². The largest absolute Gasteiger partial charge is 0.396 e. The van der Waals surface area contributed by atoms with Crippen LogP contribution in [0.15, 0.2) is 0 Å². The van der Waals surface area contributed by atoms with Gasteiger partial charge < -0.3 is 5.11 Å². The molecule has 0 heterocycles. The van der Waals surface area contributed by atoms with Crippen LogP contribution in [0.25, 0.3) is 0 Å². The van der Waals surface area contributed by atoms with Crippen molar-refractivity contribution in [3.05, 3.63) is 0 Å². The molecule has 1 heteroatoms. The van der Waals surface area contributed by atoms with Gasteiger partial charge in [-0.25, -0.2) is 0 Å². The van der Waals surface area contributed by atoms with Gasteiger partial charge >= 0.3 is 0 Å². The summed E-state index contributed by atoms with van der Waals surface area (Å²) in [6, 6.07) is 0. The fraction of sp³-hybridized carbons (Fsp3) is 1.00. The highest BCUT2D eigenvalue weighted by atomic mass is 16.2. The lowest BCUT2D eigenvalue weighted by Gasteiger charge is -2.43. The van der Waals surface area contributed by atoms with Gasteiger partial charge in [-0.2, -0.15) is 0 Å². The summed E-state index contributed by atoms with van der Waals surface area (Å²) in [6.45, 7) is 0.391. The summed E-state index contributed by atoms with van der Waals surface area (Å²) < 4.78 is 0. The Morgan fingerprint density at radius 3 is 2.20 bits per heavy atom. The van der Waals surface area contributed by atoms with Crippen molar-refractivity contribution in [2.75, 3.05) is 6.61 Å². The van der Waals surface area contributed by atoms with Crippen molar-refractivity contribution in [2.24, 2.45) is 11.3 Å². The highest BCUT2D eigenvalue weighted by Crippen LogP contribution is 2.49. The molecule has 0 aromatic rings. The van der Waals surface area contributed by atoms with Gasteiger partial charge in [0.2, 0.25) is 0 Å². The highest BCUT2D eigenvalue weighted by Gasteiger charge is 2.35. The van der Waals surface area contributed by atoms with Gasteiger partial charge in [0.1, 0.15) is 0 Å². The van der Waals surface area contributed by atoms with E-state index in [1.54, 1.807) is 0 Å². The van der Waals surface area contributed by atoms with Crippen LogP contribution in [0, 0.1) is 11.3 Å². The van der Waals surface area contributed by atoms with E-state index in [0.717, 1.165) is 17.8 Å². The van der Waals surface area contributed by atoms with E-state index in [-0.39, 0.29) is 0 Å². The number of aliphatic hydroxyl groups is 1. The molecule has 0 amide bonds. The number of rotatable bonds is 3. The van der Waals surface area contributed by atoms with Gasteiger partial charge in [-0.3, -0.25) is 0 Å². The van der Waals surface area contributed by atoms with Crippen molar-refractivity contribution in [3.63, 3.8) is 0 Å². The van der Waals surface area contributed by atoms with Crippen LogP contribution in [-0.2, 0) is 0 Å². The van der Waals surface area contributed by atoms with Crippen LogP contribution >= 0.6 is 0 Å². The summed E-state index contributed by atoms with van der Waals surface area (Å²) in [7, 11) is 0. The quantitative estimate of drug-likeness (QED) is 0.749. The molecule has 2 rings (SSSR count). The second-order valence-corrected chi connectivity index (χ2v) is 5.87. The Morgan fingerprint density at radius 2 is 1.60 bits per heavy atom. The summed E-state index contributed by atoms with van der Waals surface area (Å²) in [5, 5.41) is 8.84. The van der Waals surface area contributed by atoms with Crippen LogP contribution in [0.3, 0.4) is 0 Å². The molecule has 0 aromatic carbocycles. The summed E-state index contributed by atoms with van der Waals surface area (Å²) in [5.41, 5.74) is 0.772. The van der Waals surface area contributed by atoms with Crippen molar-refractivity contribution < 1.29 is 5.11 Å². The van der Waals surface area contributed by atoms with Crippen LogP contribution in [0.1, 0.15) is 70.6 Å². The fourth-order valence-corrected chi connectivity index (χ4v) is 3.76. The molecular formula is C14H26O. The van der Waals surface area contributed by atoms with Crippen LogP contribution in [0.2, 0.25) is 0 Å². The monoisotopic (exact) mass is 210 g/mol. The molecule has 1 N–H and O–H groups in total. The van der Waals surface area contributed by atoms with Crippen LogP contribution in [-0.4, -0.2) is 11.7 Å². The minimum absolute atomic E-state index is 0.391. The molecule has 88 valence electrons. The molecule has 0 bridgehead atoms. The maximum Gasteiger partial charge on any atom is 0.0431 e. The lowest BCUT2D eigenvalue weighted by Crippen LogP contribution is -2.29. The zero-order valence-corrected chi connectivity index (χ0v) is 10.0. The van der Waals surface area contributed by atoms with Gasteiger partial charge in [0.25, 0.3) is 0 Å². The second-order valence-electron chi connectivity index (χ2n) is 5.87. The highest BCUT2D eigenvalue weighted by molar-refractivity contribution is 4.87. The van der Waals surface area contributed by atoms with E-state index in [2.05, 4.69) is 0 Å². The fourth-order valence-electron chi connectivity index (χ4n) is 3.76. The summed E-state index contributed by atoms with van der Waals surface area (Å²) in [6.07, 6.45) is 15.6. The molecule has 1 spiro atoms. The zero-order chi connectivity index (χ0) is 10.6. The van der Waals surface area contributed by atoms with Crippen molar-refractivity contribution in [1.82, 2.24) is 0 Å². The van der Waals surface area contributed by atoms with Gasteiger partial charge in [-0.05, 0) is 62.7 Å². The lowest BCUT2D eigenvalue weighted by atomic mass is 9.63. The number of hydrogen-bond acceptors (Lipinski definition) is 1. The van der Waals surface area contributed by atoms with Crippen LogP contribution < -0.4 is 0 Å². The minimum Gasteiger partial charge on any atom is -0.396 e. The molecule has 0 saturated heterocycles. The molecule has 0 atom stereocenters. The minimum atomic E-state index is 0.391. The molecule has 0 radical (unpaired) electrons. The van der Waals surface area contributed by atoms with Crippen molar-refractivity contribution in [1.29, 1.82) is 0 Å². The Balaban J connectivity index is 1.75. The number of aliphatic hydroxyl groups excluding tert-OH is 1. The summed E-state index contributed by atoms with van der Waals surface area (Å²) >= 11 is 0. The van der Waals surface area contributed by atoms with E-state index in [4.69, 9.17) is 5.11 Å². The Hall–Kier alpha value is -0.0400. The molecule has 0 aliphatic heterocycles. The summed E-state index contributed by atoms with van der Waals surface area (Å²) in [5.74, 6) is 0.935. The van der Waals surface area contributed by atoms with Gasteiger partial charge in [-0.1, -0.05) is 19.3 Å². The SMILES string of the molecule is OCCCC1CCC2(CCCCC2)CC1. The molecule has 2 aliphatic carbocycles. The third-order valence-electron chi connectivity index (χ3n) is 4.85. The van der Waals surface area contributed by atoms with E-state index in [1.807, 2.05) is 0 Å². The first kappa shape index (κ1) is 11.4. The van der Waals surface area contributed by atoms with Gasteiger partial charge in [0, 0.05) is 6.61 Å². The first-order valence-electron chi connectivity index (χ1n) is 6.96. The van der Waals surface area contributed by atoms with Crippen molar-refractivity contribution >= 4 is 0 Å². The topological polar surface area (TPSA) is 20.2 Å². The molecule has 1 nitrogen and oxygen atoms in total. The maximum atomic E-state index is 8.84. The van der Waals surface area contributed by atoms with E-state index in [9.17, 15) is 0 Å². The smallest absolute Gasteiger partial charge is 0.0431 e. The molecule has 2 fully saturated rings. The van der Waals surface area contributed by atoms with Crippen molar-refractivity contribution in [2.45, 2.75) is 70.6 Å². The maximum absolute atomic E-state index is 8.84. The number of hydrogen-bond donors (Lipinski definition) is 1. The Bertz CT molecular complexity index is 172. The standard InChI is InChI=1S/C14H26O/c15-12-4-5-13-6-10-14(11-7-13)8-2-1-3-9-14/h13,15H,1-12H2. The lowest BCUT2D eigenvalue weighted by molar-refractivity contribution is 0.0919. The summed E-state index contributed by atoms with van der Waals surface area (Å²) in [4.78, 5) is 0. The molecule has 0 aromatic heterocycles. The van der Waals surface area contributed by atoms with E-state index >= 15 is 0 Å².